The van der Waals surface area contributed by atoms with E-state index in [1.54, 1.807) is 0 Å². The van der Waals surface area contributed by atoms with Crippen molar-refractivity contribution in [1.82, 2.24) is 5.32 Å². The second-order valence-corrected chi connectivity index (χ2v) is 5.46. The van der Waals surface area contributed by atoms with Crippen LogP contribution in [0.5, 0.6) is 11.5 Å². The van der Waals surface area contributed by atoms with Crippen molar-refractivity contribution in [1.29, 1.82) is 0 Å². The van der Waals surface area contributed by atoms with Crippen molar-refractivity contribution in [3.63, 3.8) is 0 Å². The lowest BCUT2D eigenvalue weighted by molar-refractivity contribution is 0.297. The minimum Gasteiger partial charge on any atom is -0.490 e. The van der Waals surface area contributed by atoms with Crippen LogP contribution in [0.25, 0.3) is 0 Å². The van der Waals surface area contributed by atoms with E-state index < -0.39 is 0 Å². The maximum absolute atomic E-state index is 5.80. The summed E-state index contributed by atoms with van der Waals surface area (Å²) < 4.78 is 11.5. The molecule has 2 aliphatic rings. The Labute approximate surface area is 115 Å². The van der Waals surface area contributed by atoms with Crippen LogP contribution in [-0.4, -0.2) is 25.8 Å². The van der Waals surface area contributed by atoms with Gasteiger partial charge in [0.1, 0.15) is 0 Å². The van der Waals surface area contributed by atoms with Gasteiger partial charge < -0.3 is 14.8 Å². The molecule has 0 spiro atoms. The van der Waals surface area contributed by atoms with E-state index in [4.69, 9.17) is 9.47 Å². The highest BCUT2D eigenvalue weighted by Crippen LogP contribution is 2.39. The summed E-state index contributed by atoms with van der Waals surface area (Å²) in [5.41, 5.74) is 1.40. The normalized spacial score (nSPS) is 26.2. The summed E-state index contributed by atoms with van der Waals surface area (Å²) in [5.74, 6) is 2.45. The number of nitrogens with one attached hydrogen (secondary N) is 1. The van der Waals surface area contributed by atoms with Gasteiger partial charge in [-0.2, -0.15) is 0 Å². The molecule has 104 valence electrons. The first-order valence-electron chi connectivity index (χ1n) is 7.51. The number of rotatable bonds is 3. The molecule has 1 heterocycles. The van der Waals surface area contributed by atoms with Gasteiger partial charge in [0.15, 0.2) is 11.5 Å². The standard InChI is InChI=1S/C16H23NO2/c1-2-17-14-6-3-5-13(14)12-7-8-15-16(11-12)19-10-4-9-18-15/h7-8,11,13-14,17H,2-6,9-10H2,1H3. The molecule has 19 heavy (non-hydrogen) atoms. The molecule has 0 aromatic heterocycles. The fourth-order valence-electron chi connectivity index (χ4n) is 3.28. The number of hydrogen-bond acceptors (Lipinski definition) is 3. The zero-order valence-electron chi connectivity index (χ0n) is 11.7. The lowest BCUT2D eigenvalue weighted by Crippen LogP contribution is -2.30. The SMILES string of the molecule is CCNC1CCCC1c1ccc2c(c1)OCCCO2. The second kappa shape index (κ2) is 5.83. The molecule has 3 nitrogen and oxygen atoms in total. The van der Waals surface area contributed by atoms with Crippen LogP contribution in [0.1, 0.15) is 44.1 Å². The zero-order valence-corrected chi connectivity index (χ0v) is 11.7. The van der Waals surface area contributed by atoms with Crippen LogP contribution in [0.4, 0.5) is 0 Å². The van der Waals surface area contributed by atoms with E-state index >= 15 is 0 Å². The molecule has 1 saturated carbocycles. The summed E-state index contributed by atoms with van der Waals surface area (Å²) >= 11 is 0. The Morgan fingerprint density at radius 3 is 2.79 bits per heavy atom. The second-order valence-electron chi connectivity index (χ2n) is 5.46. The summed E-state index contributed by atoms with van der Waals surface area (Å²) in [7, 11) is 0. The molecule has 0 amide bonds. The van der Waals surface area contributed by atoms with Crippen molar-refractivity contribution in [3.8, 4) is 11.5 Å². The summed E-state index contributed by atoms with van der Waals surface area (Å²) in [6, 6.07) is 7.11. The third-order valence-corrected chi connectivity index (χ3v) is 4.18. The summed E-state index contributed by atoms with van der Waals surface area (Å²) in [5, 5.41) is 3.61. The maximum atomic E-state index is 5.80. The topological polar surface area (TPSA) is 30.5 Å². The first kappa shape index (κ1) is 12.8. The number of fused-ring (bicyclic) bond motifs is 1. The third-order valence-electron chi connectivity index (χ3n) is 4.18. The molecular weight excluding hydrogens is 238 g/mol. The molecule has 2 unspecified atom stereocenters. The Hall–Kier alpha value is -1.22. The van der Waals surface area contributed by atoms with E-state index in [9.17, 15) is 0 Å². The van der Waals surface area contributed by atoms with E-state index in [1.807, 2.05) is 0 Å². The molecule has 0 saturated heterocycles. The highest BCUT2D eigenvalue weighted by atomic mass is 16.5. The Morgan fingerprint density at radius 2 is 1.95 bits per heavy atom. The lowest BCUT2D eigenvalue weighted by Gasteiger charge is -2.21. The molecule has 1 fully saturated rings. The zero-order chi connectivity index (χ0) is 13.1. The van der Waals surface area contributed by atoms with Crippen molar-refractivity contribution >= 4 is 0 Å². The summed E-state index contributed by atoms with van der Waals surface area (Å²) in [4.78, 5) is 0. The van der Waals surface area contributed by atoms with Crippen molar-refractivity contribution < 1.29 is 9.47 Å². The molecule has 2 atom stereocenters. The summed E-state index contributed by atoms with van der Waals surface area (Å²) in [6.07, 6.45) is 4.84. The number of likely N-dealkylation sites (N-methyl/N-ethyl adjacent to an activating group) is 1. The van der Waals surface area contributed by atoms with Crippen LogP contribution in [0.2, 0.25) is 0 Å². The Balaban J connectivity index is 1.82. The predicted octanol–water partition coefficient (Wildman–Crippen LogP) is 3.09. The molecular formula is C16H23NO2. The van der Waals surface area contributed by atoms with Crippen molar-refractivity contribution in [2.45, 2.75) is 44.6 Å². The summed E-state index contributed by atoms with van der Waals surface area (Å²) in [6.45, 7) is 4.75. The lowest BCUT2D eigenvalue weighted by atomic mass is 9.93. The molecule has 1 aliphatic heterocycles. The van der Waals surface area contributed by atoms with Gasteiger partial charge in [0.2, 0.25) is 0 Å². The molecule has 0 bridgehead atoms. The van der Waals surface area contributed by atoms with Crippen LogP contribution in [0.15, 0.2) is 18.2 Å². The fraction of sp³-hybridized carbons (Fsp3) is 0.625. The number of ether oxygens (including phenoxy) is 2. The van der Waals surface area contributed by atoms with Crippen LogP contribution < -0.4 is 14.8 Å². The minimum atomic E-state index is 0.620. The highest BCUT2D eigenvalue weighted by Gasteiger charge is 2.28. The average Bonchev–Trinajstić information content (AvgIpc) is 2.76. The maximum Gasteiger partial charge on any atom is 0.161 e. The van der Waals surface area contributed by atoms with E-state index in [0.29, 0.717) is 12.0 Å². The number of hydrogen-bond donors (Lipinski definition) is 1. The Morgan fingerprint density at radius 1 is 1.11 bits per heavy atom. The van der Waals surface area contributed by atoms with Gasteiger partial charge >= 0.3 is 0 Å². The van der Waals surface area contributed by atoms with Gasteiger partial charge in [-0.15, -0.1) is 0 Å². The van der Waals surface area contributed by atoms with Gasteiger partial charge in [-0.25, -0.2) is 0 Å². The largest absolute Gasteiger partial charge is 0.490 e. The van der Waals surface area contributed by atoms with E-state index in [1.165, 1.54) is 24.8 Å². The first-order valence-corrected chi connectivity index (χ1v) is 7.51. The van der Waals surface area contributed by atoms with E-state index in [-0.39, 0.29) is 0 Å². The fourth-order valence-corrected chi connectivity index (χ4v) is 3.28. The molecule has 3 rings (SSSR count). The smallest absolute Gasteiger partial charge is 0.161 e. The van der Waals surface area contributed by atoms with E-state index in [0.717, 1.165) is 37.7 Å². The van der Waals surface area contributed by atoms with Gasteiger partial charge in [0.05, 0.1) is 13.2 Å². The quantitative estimate of drug-likeness (QED) is 0.907. The van der Waals surface area contributed by atoms with Gasteiger partial charge in [-0.1, -0.05) is 19.4 Å². The van der Waals surface area contributed by atoms with Crippen molar-refractivity contribution in [3.05, 3.63) is 23.8 Å². The van der Waals surface area contributed by atoms with Crippen LogP contribution in [-0.2, 0) is 0 Å². The predicted molar refractivity (Wildman–Crippen MR) is 76.1 cm³/mol. The molecule has 1 aliphatic carbocycles. The molecule has 1 aromatic rings. The van der Waals surface area contributed by atoms with Gasteiger partial charge in [0, 0.05) is 12.5 Å². The van der Waals surface area contributed by atoms with Crippen molar-refractivity contribution in [2.24, 2.45) is 0 Å². The first-order chi connectivity index (χ1) is 9.38. The van der Waals surface area contributed by atoms with Crippen molar-refractivity contribution in [2.75, 3.05) is 19.8 Å². The van der Waals surface area contributed by atoms with Crippen LogP contribution in [0.3, 0.4) is 0 Å². The Bertz CT molecular complexity index is 433. The van der Waals surface area contributed by atoms with Crippen LogP contribution >= 0.6 is 0 Å². The van der Waals surface area contributed by atoms with Gasteiger partial charge in [0.25, 0.3) is 0 Å². The molecule has 0 radical (unpaired) electrons. The Kier molecular flexibility index (Phi) is 3.92. The van der Waals surface area contributed by atoms with Gasteiger partial charge in [-0.3, -0.25) is 0 Å². The monoisotopic (exact) mass is 261 g/mol. The van der Waals surface area contributed by atoms with Crippen LogP contribution in [0, 0.1) is 0 Å². The molecule has 3 heteroatoms. The minimum absolute atomic E-state index is 0.620. The highest BCUT2D eigenvalue weighted by molar-refractivity contribution is 5.45. The average molecular weight is 261 g/mol. The van der Waals surface area contributed by atoms with E-state index in [2.05, 4.69) is 30.4 Å². The molecule has 1 aromatic carbocycles. The third kappa shape index (κ3) is 2.71. The molecule has 1 N–H and O–H groups in total. The number of benzene rings is 1. The van der Waals surface area contributed by atoms with Gasteiger partial charge in [-0.05, 0) is 43.0 Å².